The van der Waals surface area contributed by atoms with Crippen molar-refractivity contribution >= 4 is 67.5 Å². The Bertz CT molecular complexity index is 1600. The molecule has 4 N–H and O–H groups in total. The van der Waals surface area contributed by atoms with Crippen molar-refractivity contribution < 1.29 is 31.2 Å². The number of pyridine rings is 1. The molecule has 0 atom stereocenters. The summed E-state index contributed by atoms with van der Waals surface area (Å²) in [5.41, 5.74) is 0.199. The van der Waals surface area contributed by atoms with Gasteiger partial charge in [0.05, 0.1) is 27.6 Å². The number of carbonyl (C=O) groups is 1. The molecule has 9 nitrogen and oxygen atoms in total. The molecule has 220 valence electrons. The first kappa shape index (κ1) is 31.3. The van der Waals surface area contributed by atoms with Crippen molar-refractivity contribution in [2.24, 2.45) is 0 Å². The van der Waals surface area contributed by atoms with Crippen LogP contribution in [-0.2, 0) is 21.5 Å². The summed E-state index contributed by atoms with van der Waals surface area (Å²) in [4.78, 5) is 22.2. The molecule has 1 fully saturated rings. The Kier molecular flexibility index (Phi) is 9.38. The summed E-state index contributed by atoms with van der Waals surface area (Å²) in [5, 5.41) is 2.88. The molecule has 1 saturated carbocycles. The standard InChI is InChI=1S/C26H26ClF3IN5O4S/c1-26(2,3)40-34-25(37)17-11-14(20(28)22(30)23(17)33-19-7-4-15(31)12-18(19)27)10-13-8-9-32-24(21(13)29)36-41(38,39)35-16-5-6-16/h4,7-9,11-12,16,33,35H,5-6,10H2,1-3H3,(H,32,36)(H,34,37). The van der Waals surface area contributed by atoms with Gasteiger partial charge in [-0.3, -0.25) is 14.4 Å². The predicted octanol–water partition coefficient (Wildman–Crippen LogP) is 5.96. The number of anilines is 3. The van der Waals surface area contributed by atoms with E-state index in [9.17, 15) is 13.2 Å². The van der Waals surface area contributed by atoms with Crippen LogP contribution in [0.5, 0.6) is 0 Å². The average Bonchev–Trinajstić information content (AvgIpc) is 3.68. The second-order valence-corrected chi connectivity index (χ2v) is 13.4. The Hall–Kier alpha value is -2.66. The predicted molar refractivity (Wildman–Crippen MR) is 158 cm³/mol. The van der Waals surface area contributed by atoms with E-state index in [1.54, 1.807) is 32.9 Å². The minimum atomic E-state index is -4.10. The third kappa shape index (κ3) is 8.22. The van der Waals surface area contributed by atoms with Crippen LogP contribution in [0.4, 0.5) is 30.4 Å². The molecule has 1 aliphatic rings. The minimum absolute atomic E-state index is 0.193. The lowest BCUT2D eigenvalue weighted by Crippen LogP contribution is -2.34. The molecule has 0 bridgehead atoms. The molecular weight excluding hydrogens is 698 g/mol. The van der Waals surface area contributed by atoms with E-state index >= 15 is 13.2 Å². The Morgan fingerprint density at radius 3 is 2.44 bits per heavy atom. The highest BCUT2D eigenvalue weighted by molar-refractivity contribution is 14.1. The highest BCUT2D eigenvalue weighted by Gasteiger charge is 2.29. The van der Waals surface area contributed by atoms with Gasteiger partial charge in [-0.05, 0) is 97.7 Å². The fourth-order valence-corrected chi connectivity index (χ4v) is 5.60. The minimum Gasteiger partial charge on any atom is -0.351 e. The highest BCUT2D eigenvalue weighted by atomic mass is 127. The number of hydrogen-bond acceptors (Lipinski definition) is 6. The van der Waals surface area contributed by atoms with Gasteiger partial charge < -0.3 is 5.32 Å². The lowest BCUT2D eigenvalue weighted by Gasteiger charge is -2.21. The van der Waals surface area contributed by atoms with Gasteiger partial charge in [-0.2, -0.15) is 13.1 Å². The molecule has 1 aliphatic carbocycles. The summed E-state index contributed by atoms with van der Waals surface area (Å²) in [7, 11) is -4.10. The number of amides is 1. The average molecular weight is 724 g/mol. The number of nitrogens with one attached hydrogen (secondary N) is 4. The van der Waals surface area contributed by atoms with E-state index in [0.717, 1.165) is 15.8 Å². The summed E-state index contributed by atoms with van der Waals surface area (Å²) in [6.07, 6.45) is 1.92. The first-order valence-electron chi connectivity index (χ1n) is 12.3. The van der Waals surface area contributed by atoms with Crippen LogP contribution in [0.3, 0.4) is 0 Å². The molecule has 0 radical (unpaired) electrons. The molecular formula is C26H26ClF3IN5O4S. The van der Waals surface area contributed by atoms with Crippen molar-refractivity contribution in [2.75, 3.05) is 10.0 Å². The molecule has 1 amide bonds. The van der Waals surface area contributed by atoms with Crippen molar-refractivity contribution in [1.82, 2.24) is 15.2 Å². The molecule has 2 aromatic carbocycles. The van der Waals surface area contributed by atoms with Crippen LogP contribution in [0.1, 0.15) is 55.1 Å². The summed E-state index contributed by atoms with van der Waals surface area (Å²) in [6, 6.07) is 6.82. The lowest BCUT2D eigenvalue weighted by molar-refractivity contribution is -0.0589. The van der Waals surface area contributed by atoms with E-state index in [1.807, 2.05) is 27.3 Å². The van der Waals surface area contributed by atoms with Crippen molar-refractivity contribution in [3.05, 3.63) is 79.3 Å². The topological polar surface area (TPSA) is 121 Å². The van der Waals surface area contributed by atoms with Crippen molar-refractivity contribution in [2.45, 2.75) is 51.7 Å². The maximum atomic E-state index is 15.6. The first-order chi connectivity index (χ1) is 19.1. The lowest BCUT2D eigenvalue weighted by atomic mass is 10.00. The molecule has 1 heterocycles. The third-order valence-electron chi connectivity index (χ3n) is 5.65. The van der Waals surface area contributed by atoms with Crippen molar-refractivity contribution in [1.29, 1.82) is 0 Å². The number of benzene rings is 2. The van der Waals surface area contributed by atoms with Gasteiger partial charge in [0.1, 0.15) is 0 Å². The van der Waals surface area contributed by atoms with E-state index in [1.165, 1.54) is 12.1 Å². The van der Waals surface area contributed by atoms with Gasteiger partial charge in [0.15, 0.2) is 23.3 Å². The van der Waals surface area contributed by atoms with Crippen LogP contribution in [-0.4, -0.2) is 31.0 Å². The van der Waals surface area contributed by atoms with E-state index in [4.69, 9.17) is 16.4 Å². The second kappa shape index (κ2) is 12.3. The summed E-state index contributed by atoms with van der Waals surface area (Å²) in [6.45, 7) is 5.02. The van der Waals surface area contributed by atoms with Crippen LogP contribution >= 0.6 is 34.2 Å². The molecule has 4 rings (SSSR count). The number of aromatic nitrogens is 1. The molecule has 15 heteroatoms. The number of rotatable bonds is 10. The van der Waals surface area contributed by atoms with Crippen molar-refractivity contribution in [3.63, 3.8) is 0 Å². The molecule has 0 aliphatic heterocycles. The van der Waals surface area contributed by atoms with Crippen LogP contribution in [0.2, 0.25) is 5.02 Å². The summed E-state index contributed by atoms with van der Waals surface area (Å²) >= 11 is 8.29. The second-order valence-electron chi connectivity index (χ2n) is 10.3. The quantitative estimate of drug-likeness (QED) is 0.151. The van der Waals surface area contributed by atoms with Crippen LogP contribution < -0.4 is 20.2 Å². The Labute approximate surface area is 253 Å². The Morgan fingerprint density at radius 2 is 1.80 bits per heavy atom. The number of carbonyl (C=O) groups excluding carboxylic acids is 1. The first-order valence-corrected chi connectivity index (χ1v) is 15.2. The zero-order valence-electron chi connectivity index (χ0n) is 22.0. The van der Waals surface area contributed by atoms with E-state index in [2.05, 4.69) is 20.5 Å². The monoisotopic (exact) mass is 723 g/mol. The fraction of sp³-hybridized carbons (Fsp3) is 0.308. The molecule has 41 heavy (non-hydrogen) atoms. The smallest absolute Gasteiger partial charge is 0.300 e. The van der Waals surface area contributed by atoms with Gasteiger partial charge in [-0.25, -0.2) is 23.6 Å². The van der Waals surface area contributed by atoms with E-state index in [-0.39, 0.29) is 33.4 Å². The zero-order chi connectivity index (χ0) is 30.1. The Morgan fingerprint density at radius 1 is 1.10 bits per heavy atom. The number of nitrogens with zero attached hydrogens (tertiary/aromatic N) is 1. The number of hydrogen-bond donors (Lipinski definition) is 4. The van der Waals surface area contributed by atoms with Gasteiger partial charge in [-0.15, -0.1) is 0 Å². The third-order valence-corrected chi connectivity index (χ3v) is 7.74. The SMILES string of the molecule is CC(C)(C)ONC(=O)c1cc(Cc2ccnc(NS(=O)(=O)NC3CC3)c2F)c(F)c(F)c1Nc1ccc(I)cc1Cl. The van der Waals surface area contributed by atoms with Crippen LogP contribution in [0.25, 0.3) is 0 Å². The largest absolute Gasteiger partial charge is 0.351 e. The van der Waals surface area contributed by atoms with Gasteiger partial charge in [0, 0.05) is 22.2 Å². The highest BCUT2D eigenvalue weighted by Crippen LogP contribution is 2.34. The van der Waals surface area contributed by atoms with E-state index in [0.29, 0.717) is 12.8 Å². The van der Waals surface area contributed by atoms with Gasteiger partial charge >= 0.3 is 10.2 Å². The van der Waals surface area contributed by atoms with Crippen molar-refractivity contribution in [3.8, 4) is 0 Å². The molecule has 0 unspecified atom stereocenters. The number of halogens is 5. The van der Waals surface area contributed by atoms with Crippen LogP contribution in [0, 0.1) is 21.0 Å². The van der Waals surface area contributed by atoms with Crippen LogP contribution in [0.15, 0.2) is 36.5 Å². The summed E-state index contributed by atoms with van der Waals surface area (Å²) in [5.74, 6) is -5.36. The number of hydroxylamine groups is 1. The Balaban J connectivity index is 1.71. The maximum Gasteiger partial charge on any atom is 0.300 e. The molecule has 0 spiro atoms. The molecule has 0 saturated heterocycles. The van der Waals surface area contributed by atoms with Gasteiger partial charge in [0.25, 0.3) is 5.91 Å². The summed E-state index contributed by atoms with van der Waals surface area (Å²) < 4.78 is 75.9. The van der Waals surface area contributed by atoms with E-state index < -0.39 is 57.1 Å². The van der Waals surface area contributed by atoms with Gasteiger partial charge in [-0.1, -0.05) is 11.6 Å². The molecule has 1 aromatic heterocycles. The molecule has 3 aromatic rings. The zero-order valence-corrected chi connectivity index (χ0v) is 25.8. The maximum absolute atomic E-state index is 15.6. The van der Waals surface area contributed by atoms with Gasteiger partial charge in [0.2, 0.25) is 0 Å². The fourth-order valence-electron chi connectivity index (χ4n) is 3.56. The normalized spacial score (nSPS) is 13.7.